The Bertz CT molecular complexity index is 1160. The summed E-state index contributed by atoms with van der Waals surface area (Å²) in [5.41, 5.74) is 0.626. The highest BCUT2D eigenvalue weighted by molar-refractivity contribution is 7.80. The first-order valence-corrected chi connectivity index (χ1v) is 13.5. The normalized spacial score (nSPS) is 11.6. The van der Waals surface area contributed by atoms with Crippen LogP contribution in [0, 0.1) is 17.2 Å². The number of rotatable bonds is 10. The van der Waals surface area contributed by atoms with Gasteiger partial charge in [-0.1, -0.05) is 51.1 Å². The molecule has 0 aliphatic carbocycles. The summed E-state index contributed by atoms with van der Waals surface area (Å²) in [6.07, 6.45) is 2.36. The quantitative estimate of drug-likeness (QED) is 0.272. The first kappa shape index (κ1) is 35.1. The zero-order valence-electron chi connectivity index (χ0n) is 22.4. The molecule has 0 bridgehead atoms. The lowest BCUT2D eigenvalue weighted by atomic mass is 10.0. The van der Waals surface area contributed by atoms with Crippen molar-refractivity contribution in [2.75, 3.05) is 13.6 Å². The molecule has 7 N–H and O–H groups in total. The van der Waals surface area contributed by atoms with Crippen LogP contribution in [0.2, 0.25) is 0 Å². The molecule has 0 aliphatic rings. The first-order valence-electron chi connectivity index (χ1n) is 12.2. The van der Waals surface area contributed by atoms with Gasteiger partial charge in [0, 0.05) is 18.5 Å². The zero-order valence-corrected chi connectivity index (χ0v) is 24.1. The third kappa shape index (κ3) is 11.2. The molecular formula is C28H44N4O4S2. The summed E-state index contributed by atoms with van der Waals surface area (Å²) in [7, 11) is 1.90. The van der Waals surface area contributed by atoms with Crippen molar-refractivity contribution in [1.82, 2.24) is 16.0 Å². The van der Waals surface area contributed by atoms with Crippen LogP contribution in [0.4, 0.5) is 0 Å². The minimum absolute atomic E-state index is 0. The van der Waals surface area contributed by atoms with Crippen molar-refractivity contribution in [3.8, 4) is 6.07 Å². The van der Waals surface area contributed by atoms with Crippen molar-refractivity contribution in [3.05, 3.63) is 65.0 Å². The van der Waals surface area contributed by atoms with Gasteiger partial charge < -0.3 is 26.9 Å². The van der Waals surface area contributed by atoms with E-state index in [4.69, 9.17) is 5.26 Å². The molecule has 0 saturated carbocycles. The minimum Gasteiger partial charge on any atom is -0.412 e. The van der Waals surface area contributed by atoms with Crippen molar-refractivity contribution >= 4 is 45.9 Å². The van der Waals surface area contributed by atoms with Gasteiger partial charge in [0.1, 0.15) is 12.1 Å². The molecule has 3 rings (SSSR count). The Hall–Kier alpha value is -2.94. The Morgan fingerprint density at radius 2 is 1.74 bits per heavy atom. The highest BCUT2D eigenvalue weighted by atomic mass is 32.1. The van der Waals surface area contributed by atoms with Gasteiger partial charge in [-0.25, -0.2) is 0 Å². The average molecular weight is 565 g/mol. The highest BCUT2D eigenvalue weighted by Crippen LogP contribution is 2.25. The lowest BCUT2D eigenvalue weighted by Crippen LogP contribution is -2.50. The molecule has 0 radical (unpaired) electrons. The minimum atomic E-state index is -0.522. The van der Waals surface area contributed by atoms with Crippen molar-refractivity contribution in [3.63, 3.8) is 0 Å². The van der Waals surface area contributed by atoms with E-state index in [-0.39, 0.29) is 31.7 Å². The molecule has 10 heteroatoms. The average Bonchev–Trinajstić information content (AvgIpc) is 3.31. The number of carbonyl (C=O) groups excluding carboxylic acids is 2. The summed E-state index contributed by atoms with van der Waals surface area (Å²) in [5, 5.41) is 18.6. The van der Waals surface area contributed by atoms with Gasteiger partial charge in [-0.15, -0.1) is 24.0 Å². The van der Waals surface area contributed by atoms with Crippen LogP contribution < -0.4 is 16.0 Å². The summed E-state index contributed by atoms with van der Waals surface area (Å²) in [4.78, 5) is 26.9. The Morgan fingerprint density at radius 1 is 1.08 bits per heavy atom. The standard InChI is InChI=1S/C21H31N3O2S.C7H5NS.2H2O.2H2/c1-5-16(10-11-22-4)23-20(25)17(12-14(2)3)24-21(26)19-13-15-8-6-7-9-18(15)27-19;8-5-6-3-1-2-4-7(6)9;;;;/h6-9,13-14,16-17,22H,5,10-12H2,1-4H3,(H,23,25)(H,24,26);1-4,9H;2*1H2;2*1H/t16?,17-;;;;;/m0...../s1. The molecule has 0 spiro atoms. The van der Waals surface area contributed by atoms with E-state index in [0.717, 1.165) is 34.4 Å². The van der Waals surface area contributed by atoms with E-state index in [0.29, 0.717) is 22.8 Å². The third-order valence-electron chi connectivity index (χ3n) is 5.58. The zero-order chi connectivity index (χ0) is 26.5. The number of thiophene rings is 1. The number of amides is 2. The molecule has 2 atom stereocenters. The third-order valence-corrected chi connectivity index (χ3v) is 7.09. The van der Waals surface area contributed by atoms with E-state index < -0.39 is 6.04 Å². The second-order valence-corrected chi connectivity index (χ2v) is 10.5. The van der Waals surface area contributed by atoms with E-state index in [9.17, 15) is 9.59 Å². The van der Waals surface area contributed by atoms with E-state index in [2.05, 4.69) is 49.4 Å². The lowest BCUT2D eigenvalue weighted by Gasteiger charge is -2.23. The number of benzene rings is 2. The maximum absolute atomic E-state index is 12.8. The molecule has 1 aromatic heterocycles. The highest BCUT2D eigenvalue weighted by Gasteiger charge is 2.25. The van der Waals surface area contributed by atoms with Crippen LogP contribution in [0.1, 0.15) is 58.1 Å². The smallest absolute Gasteiger partial charge is 0.262 e. The molecule has 1 heterocycles. The summed E-state index contributed by atoms with van der Waals surface area (Å²) in [6, 6.07) is 18.6. The van der Waals surface area contributed by atoms with Gasteiger partial charge in [-0.3, -0.25) is 9.59 Å². The number of carbonyl (C=O) groups is 2. The SMILES string of the molecule is CCC(CCNC)NC(=O)[C@H](CC(C)C)NC(=O)c1cc2ccccc2s1.N#Cc1ccccc1S.O.O.[HH].[HH]. The van der Waals surface area contributed by atoms with Gasteiger partial charge in [0.05, 0.1) is 10.4 Å². The summed E-state index contributed by atoms with van der Waals surface area (Å²) >= 11 is 5.51. The van der Waals surface area contributed by atoms with Gasteiger partial charge in [0.15, 0.2) is 0 Å². The van der Waals surface area contributed by atoms with Gasteiger partial charge in [0.2, 0.25) is 5.91 Å². The van der Waals surface area contributed by atoms with Gasteiger partial charge in [0.25, 0.3) is 5.91 Å². The molecule has 0 aliphatic heterocycles. The monoisotopic (exact) mass is 564 g/mol. The number of fused-ring (bicyclic) bond motifs is 1. The molecule has 8 nitrogen and oxygen atoms in total. The lowest BCUT2D eigenvalue weighted by molar-refractivity contribution is -0.124. The van der Waals surface area contributed by atoms with Gasteiger partial charge in [-0.2, -0.15) is 5.26 Å². The Morgan fingerprint density at radius 3 is 2.29 bits per heavy atom. The fourth-order valence-corrected chi connectivity index (χ4v) is 4.77. The molecule has 2 amide bonds. The van der Waals surface area contributed by atoms with Crippen LogP contribution in [-0.4, -0.2) is 48.4 Å². The second-order valence-electron chi connectivity index (χ2n) is 8.94. The Balaban J connectivity index is -0.000000904. The molecule has 1 unspecified atom stereocenters. The van der Waals surface area contributed by atoms with Gasteiger partial charge in [-0.05, 0) is 68.4 Å². The molecule has 0 fully saturated rings. The number of hydrogen-bond acceptors (Lipinski definition) is 6. The van der Waals surface area contributed by atoms with Gasteiger partial charge >= 0.3 is 0 Å². The Labute approximate surface area is 237 Å². The summed E-state index contributed by atoms with van der Waals surface area (Å²) < 4.78 is 1.07. The van der Waals surface area contributed by atoms with Crippen LogP contribution in [0.15, 0.2) is 59.5 Å². The van der Waals surface area contributed by atoms with Crippen molar-refractivity contribution < 1.29 is 23.4 Å². The van der Waals surface area contributed by atoms with Crippen LogP contribution in [0.3, 0.4) is 0 Å². The topological polar surface area (TPSA) is 157 Å². The van der Waals surface area contributed by atoms with E-state index in [1.54, 1.807) is 12.1 Å². The fourth-order valence-electron chi connectivity index (χ4n) is 3.59. The van der Waals surface area contributed by atoms with Crippen molar-refractivity contribution in [2.24, 2.45) is 5.92 Å². The second kappa shape index (κ2) is 18.3. The fraction of sp³-hybridized carbons (Fsp3) is 0.393. The predicted octanol–water partition coefficient (Wildman–Crippen LogP) is 4.24. The number of nitrogens with zero attached hydrogens (tertiary/aromatic N) is 1. The number of nitrogens with one attached hydrogen (secondary N) is 3. The number of hydrogen-bond donors (Lipinski definition) is 4. The van der Waals surface area contributed by atoms with Crippen LogP contribution in [-0.2, 0) is 4.79 Å². The van der Waals surface area contributed by atoms with Crippen molar-refractivity contribution in [2.45, 2.75) is 57.0 Å². The Kier molecular flexibility index (Phi) is 16.9. The van der Waals surface area contributed by atoms with E-state index >= 15 is 0 Å². The van der Waals surface area contributed by atoms with Crippen LogP contribution in [0.5, 0.6) is 0 Å². The first-order chi connectivity index (χ1) is 17.3. The number of thiol groups is 1. The molecule has 38 heavy (non-hydrogen) atoms. The van der Waals surface area contributed by atoms with E-state index in [1.807, 2.05) is 55.6 Å². The summed E-state index contributed by atoms with van der Waals surface area (Å²) in [5.74, 6) is 0.0298. The molecule has 0 saturated heterocycles. The molecule has 212 valence electrons. The number of nitriles is 1. The molecular weight excluding hydrogens is 520 g/mol. The molecule has 2 aromatic carbocycles. The van der Waals surface area contributed by atoms with Crippen LogP contribution >= 0.6 is 24.0 Å². The maximum Gasteiger partial charge on any atom is 0.262 e. The van der Waals surface area contributed by atoms with E-state index in [1.165, 1.54) is 11.3 Å². The van der Waals surface area contributed by atoms with Crippen molar-refractivity contribution in [1.29, 1.82) is 5.26 Å². The largest absolute Gasteiger partial charge is 0.412 e. The maximum atomic E-state index is 12.8. The van der Waals surface area contributed by atoms with Crippen LogP contribution in [0.25, 0.3) is 10.1 Å². The predicted molar refractivity (Wildman–Crippen MR) is 163 cm³/mol. The molecule has 3 aromatic rings. The summed E-state index contributed by atoms with van der Waals surface area (Å²) in [6.45, 7) is 7.03.